The quantitative estimate of drug-likeness (QED) is 0.652. The predicted octanol–water partition coefficient (Wildman–Crippen LogP) is 1.56. The van der Waals surface area contributed by atoms with Crippen LogP contribution >= 0.6 is 0 Å². The Balaban J connectivity index is 2.11. The zero-order valence-corrected chi connectivity index (χ0v) is 11.4. The summed E-state index contributed by atoms with van der Waals surface area (Å²) in [7, 11) is 1.72. The fourth-order valence-electron chi connectivity index (χ4n) is 3.10. The molecule has 0 saturated heterocycles. The second-order valence-electron chi connectivity index (χ2n) is 5.46. The van der Waals surface area contributed by atoms with Crippen LogP contribution in [0.15, 0.2) is 6.20 Å². The lowest BCUT2D eigenvalue weighted by Crippen LogP contribution is -2.49. The number of rotatable bonds is 4. The lowest BCUT2D eigenvalue weighted by molar-refractivity contribution is -0.199. The minimum absolute atomic E-state index is 0.187. The highest BCUT2D eigenvalue weighted by Gasteiger charge is 2.47. The van der Waals surface area contributed by atoms with Crippen LogP contribution in [0.25, 0.3) is 0 Å². The lowest BCUT2D eigenvalue weighted by atomic mass is 9.74. The Morgan fingerprint density at radius 2 is 2.15 bits per heavy atom. The fourth-order valence-corrected chi connectivity index (χ4v) is 3.10. The van der Waals surface area contributed by atoms with Gasteiger partial charge in [-0.05, 0) is 18.8 Å². The smallest absolute Gasteiger partial charge is 0.271 e. The van der Waals surface area contributed by atoms with Crippen molar-refractivity contribution in [1.29, 1.82) is 0 Å². The summed E-state index contributed by atoms with van der Waals surface area (Å²) in [5.74, 6) is 3.70. The third kappa shape index (κ3) is 3.49. The van der Waals surface area contributed by atoms with Gasteiger partial charge in [-0.25, -0.2) is 0 Å². The molecule has 0 radical (unpaired) electrons. The molecule has 0 bridgehead atoms. The maximum absolute atomic E-state index is 13.1. The Morgan fingerprint density at radius 1 is 1.45 bits per heavy atom. The second-order valence-corrected chi connectivity index (χ2v) is 5.46. The highest BCUT2D eigenvalue weighted by molar-refractivity contribution is 4.99. The van der Waals surface area contributed by atoms with E-state index in [-0.39, 0.29) is 6.42 Å². The number of hydrogen-bond donors (Lipinski definition) is 2. The molecular weight excluding hydrogens is 271 g/mol. The summed E-state index contributed by atoms with van der Waals surface area (Å²) in [5, 5.41) is 7.71. The van der Waals surface area contributed by atoms with Crippen LogP contribution in [0.4, 0.5) is 13.2 Å². The molecule has 1 heterocycles. The topological polar surface area (TPSA) is 68.8 Å². The van der Waals surface area contributed by atoms with Crippen LogP contribution in [-0.2, 0) is 13.5 Å². The first kappa shape index (κ1) is 15.2. The van der Waals surface area contributed by atoms with E-state index in [0.717, 1.165) is 6.42 Å². The summed E-state index contributed by atoms with van der Waals surface area (Å²) < 4.78 is 40.9. The predicted molar refractivity (Wildman–Crippen MR) is 67.3 cm³/mol. The summed E-state index contributed by atoms with van der Waals surface area (Å²) in [6.07, 6.45) is 0.0744. The number of nitrogens with zero attached hydrogens (tertiary/aromatic N) is 3. The molecule has 0 spiro atoms. The van der Waals surface area contributed by atoms with Gasteiger partial charge in [0.1, 0.15) is 0 Å². The minimum Gasteiger partial charge on any atom is -0.271 e. The van der Waals surface area contributed by atoms with Crippen LogP contribution in [-0.4, -0.2) is 27.2 Å². The Morgan fingerprint density at radius 3 is 2.70 bits per heavy atom. The van der Waals surface area contributed by atoms with Crippen molar-refractivity contribution in [3.63, 3.8) is 0 Å². The Hall–Kier alpha value is -1.15. The lowest BCUT2D eigenvalue weighted by Gasteiger charge is -2.37. The van der Waals surface area contributed by atoms with Crippen LogP contribution < -0.4 is 11.3 Å². The van der Waals surface area contributed by atoms with E-state index in [0.29, 0.717) is 25.0 Å². The summed E-state index contributed by atoms with van der Waals surface area (Å²) in [6.45, 7) is 0. The summed E-state index contributed by atoms with van der Waals surface area (Å²) in [4.78, 5) is 0. The molecule has 1 fully saturated rings. The van der Waals surface area contributed by atoms with Gasteiger partial charge in [0.25, 0.3) is 0 Å². The van der Waals surface area contributed by atoms with Gasteiger partial charge in [-0.2, -0.15) is 13.2 Å². The Labute approximate surface area is 115 Å². The molecule has 1 aliphatic rings. The maximum Gasteiger partial charge on any atom is 0.392 e. The van der Waals surface area contributed by atoms with E-state index in [1.807, 2.05) is 0 Å². The van der Waals surface area contributed by atoms with Crippen molar-refractivity contribution >= 4 is 0 Å². The van der Waals surface area contributed by atoms with Crippen molar-refractivity contribution in [3.8, 4) is 0 Å². The van der Waals surface area contributed by atoms with E-state index in [1.54, 1.807) is 13.2 Å². The van der Waals surface area contributed by atoms with Crippen LogP contribution in [0.5, 0.6) is 0 Å². The second kappa shape index (κ2) is 6.09. The van der Waals surface area contributed by atoms with E-state index in [4.69, 9.17) is 5.84 Å². The zero-order chi connectivity index (χ0) is 14.8. The van der Waals surface area contributed by atoms with E-state index in [1.165, 1.54) is 4.68 Å². The molecule has 20 heavy (non-hydrogen) atoms. The van der Waals surface area contributed by atoms with Gasteiger partial charge in [-0.1, -0.05) is 18.1 Å². The molecule has 114 valence electrons. The maximum atomic E-state index is 13.1. The monoisotopic (exact) mass is 291 g/mol. The largest absolute Gasteiger partial charge is 0.392 e. The van der Waals surface area contributed by atoms with Crippen LogP contribution in [0, 0.1) is 11.8 Å². The van der Waals surface area contributed by atoms with Gasteiger partial charge in [0, 0.05) is 25.7 Å². The molecule has 0 amide bonds. The SMILES string of the molecule is Cn1cc(CC(NN)C2CCCCC2C(F)(F)F)nn1. The van der Waals surface area contributed by atoms with Crippen molar-refractivity contribution in [2.45, 2.75) is 44.3 Å². The third-order valence-corrected chi connectivity index (χ3v) is 4.05. The zero-order valence-electron chi connectivity index (χ0n) is 11.4. The van der Waals surface area contributed by atoms with Gasteiger partial charge in [0.2, 0.25) is 0 Å². The summed E-state index contributed by atoms with van der Waals surface area (Å²) in [5.41, 5.74) is 3.21. The number of nitrogens with one attached hydrogen (secondary N) is 1. The molecule has 0 aliphatic heterocycles. The molecule has 1 aliphatic carbocycles. The number of aryl methyl sites for hydroxylation is 1. The van der Waals surface area contributed by atoms with Gasteiger partial charge in [-0.15, -0.1) is 5.10 Å². The first-order valence-electron chi connectivity index (χ1n) is 6.80. The highest BCUT2D eigenvalue weighted by Crippen LogP contribution is 2.43. The molecule has 3 N–H and O–H groups in total. The van der Waals surface area contributed by atoms with Crippen LogP contribution in [0.1, 0.15) is 31.4 Å². The first-order chi connectivity index (χ1) is 9.41. The van der Waals surface area contributed by atoms with Crippen molar-refractivity contribution < 1.29 is 13.2 Å². The number of nitrogens with two attached hydrogens (primary N) is 1. The first-order valence-corrected chi connectivity index (χ1v) is 6.80. The van der Waals surface area contributed by atoms with Crippen molar-refractivity contribution in [3.05, 3.63) is 11.9 Å². The molecule has 1 aromatic rings. The molecule has 0 aromatic carbocycles. The van der Waals surface area contributed by atoms with Gasteiger partial charge in [-0.3, -0.25) is 16.0 Å². The highest BCUT2D eigenvalue weighted by atomic mass is 19.4. The van der Waals surface area contributed by atoms with E-state index >= 15 is 0 Å². The van der Waals surface area contributed by atoms with Gasteiger partial charge in [0.05, 0.1) is 11.6 Å². The standard InChI is InChI=1S/C12H20F3N5/c1-20-7-8(18-19-20)6-11(17-16)9-4-2-3-5-10(9)12(13,14)15/h7,9-11,17H,2-6,16H2,1H3. The molecule has 1 aromatic heterocycles. The normalized spacial score (nSPS) is 25.6. The Bertz CT molecular complexity index is 431. The number of hydrogen-bond acceptors (Lipinski definition) is 4. The number of halogens is 3. The summed E-state index contributed by atoms with van der Waals surface area (Å²) >= 11 is 0. The van der Waals surface area contributed by atoms with Crippen LogP contribution in [0.3, 0.4) is 0 Å². The van der Waals surface area contributed by atoms with Gasteiger partial charge in [0.15, 0.2) is 0 Å². The van der Waals surface area contributed by atoms with Crippen molar-refractivity contribution in [2.75, 3.05) is 0 Å². The van der Waals surface area contributed by atoms with E-state index < -0.39 is 24.1 Å². The summed E-state index contributed by atoms with van der Waals surface area (Å²) in [6, 6.07) is -0.432. The molecule has 5 nitrogen and oxygen atoms in total. The molecular formula is C12H20F3N5. The van der Waals surface area contributed by atoms with E-state index in [2.05, 4.69) is 15.7 Å². The average molecular weight is 291 g/mol. The Kier molecular flexibility index (Phi) is 4.64. The van der Waals surface area contributed by atoms with Gasteiger partial charge >= 0.3 is 6.18 Å². The number of aromatic nitrogens is 3. The van der Waals surface area contributed by atoms with Crippen molar-refractivity contribution in [2.24, 2.45) is 24.7 Å². The molecule has 3 unspecified atom stereocenters. The average Bonchev–Trinajstić information content (AvgIpc) is 2.80. The molecule has 2 rings (SSSR count). The fraction of sp³-hybridized carbons (Fsp3) is 0.833. The number of alkyl halides is 3. The number of hydrazine groups is 1. The molecule has 1 saturated carbocycles. The van der Waals surface area contributed by atoms with Crippen LogP contribution in [0.2, 0.25) is 0 Å². The van der Waals surface area contributed by atoms with E-state index in [9.17, 15) is 13.2 Å². The van der Waals surface area contributed by atoms with Gasteiger partial charge < -0.3 is 0 Å². The molecule has 8 heteroatoms. The molecule has 3 atom stereocenters. The minimum atomic E-state index is -4.16. The third-order valence-electron chi connectivity index (χ3n) is 4.05. The van der Waals surface area contributed by atoms with Crippen molar-refractivity contribution in [1.82, 2.24) is 20.4 Å².